The maximum absolute atomic E-state index is 6.07. The first-order valence-electron chi connectivity index (χ1n) is 5.82. The molecule has 1 nitrogen and oxygen atoms in total. The lowest BCUT2D eigenvalue weighted by atomic mass is 9.89. The SMILES string of the molecule is CNCC1CCCC1c1ccc(Cl)c(Cl)c1. The average molecular weight is 258 g/mol. The van der Waals surface area contributed by atoms with E-state index >= 15 is 0 Å². The normalized spacial score (nSPS) is 24.9. The molecule has 3 heteroatoms. The van der Waals surface area contributed by atoms with Crippen molar-refractivity contribution in [1.82, 2.24) is 5.32 Å². The zero-order chi connectivity index (χ0) is 11.5. The molecule has 2 unspecified atom stereocenters. The summed E-state index contributed by atoms with van der Waals surface area (Å²) in [6.07, 6.45) is 3.90. The number of rotatable bonds is 3. The highest BCUT2D eigenvalue weighted by Crippen LogP contribution is 2.40. The van der Waals surface area contributed by atoms with E-state index in [0.717, 1.165) is 12.5 Å². The molecule has 1 aliphatic carbocycles. The van der Waals surface area contributed by atoms with Gasteiger partial charge in [-0.2, -0.15) is 0 Å². The van der Waals surface area contributed by atoms with Gasteiger partial charge in [-0.3, -0.25) is 0 Å². The summed E-state index contributed by atoms with van der Waals surface area (Å²) in [7, 11) is 2.02. The smallest absolute Gasteiger partial charge is 0.0595 e. The molecule has 0 bridgehead atoms. The Hall–Kier alpha value is -0.240. The lowest BCUT2D eigenvalue weighted by Gasteiger charge is -2.20. The molecule has 0 saturated heterocycles. The molecule has 1 N–H and O–H groups in total. The molecule has 16 heavy (non-hydrogen) atoms. The van der Waals surface area contributed by atoms with Crippen LogP contribution in [0, 0.1) is 5.92 Å². The van der Waals surface area contributed by atoms with Gasteiger partial charge in [0.15, 0.2) is 0 Å². The van der Waals surface area contributed by atoms with Crippen LogP contribution < -0.4 is 5.32 Å². The highest BCUT2D eigenvalue weighted by Gasteiger charge is 2.28. The van der Waals surface area contributed by atoms with Gasteiger partial charge in [-0.05, 0) is 56.0 Å². The molecule has 0 radical (unpaired) electrons. The highest BCUT2D eigenvalue weighted by molar-refractivity contribution is 6.42. The Balaban J connectivity index is 2.19. The standard InChI is InChI=1S/C13H17Cl2N/c1-16-8-10-3-2-4-11(10)9-5-6-12(14)13(15)7-9/h5-7,10-11,16H,2-4,8H2,1H3. The molecule has 2 atom stereocenters. The minimum absolute atomic E-state index is 0.641. The number of hydrogen-bond acceptors (Lipinski definition) is 1. The highest BCUT2D eigenvalue weighted by atomic mass is 35.5. The molecule has 2 rings (SSSR count). The van der Waals surface area contributed by atoms with Crippen LogP contribution in [0.4, 0.5) is 0 Å². The van der Waals surface area contributed by atoms with Gasteiger partial charge in [-0.1, -0.05) is 35.7 Å². The zero-order valence-corrected chi connectivity index (χ0v) is 11.0. The fourth-order valence-electron chi connectivity index (χ4n) is 2.73. The summed E-state index contributed by atoms with van der Waals surface area (Å²) in [5.41, 5.74) is 1.34. The van der Waals surface area contributed by atoms with Gasteiger partial charge in [0.2, 0.25) is 0 Å². The van der Waals surface area contributed by atoms with Crippen molar-refractivity contribution in [2.24, 2.45) is 5.92 Å². The van der Waals surface area contributed by atoms with Gasteiger partial charge in [-0.25, -0.2) is 0 Å². The van der Waals surface area contributed by atoms with Crippen LogP contribution in [0.25, 0.3) is 0 Å². The van der Waals surface area contributed by atoms with E-state index in [-0.39, 0.29) is 0 Å². The minimum atomic E-state index is 0.641. The third kappa shape index (κ3) is 2.53. The summed E-state index contributed by atoms with van der Waals surface area (Å²) in [5.74, 6) is 1.38. The maximum atomic E-state index is 6.07. The van der Waals surface area contributed by atoms with E-state index in [1.165, 1.54) is 24.8 Å². The van der Waals surface area contributed by atoms with Crippen molar-refractivity contribution in [2.75, 3.05) is 13.6 Å². The van der Waals surface area contributed by atoms with Gasteiger partial charge < -0.3 is 5.32 Å². The zero-order valence-electron chi connectivity index (χ0n) is 9.47. The van der Waals surface area contributed by atoms with Gasteiger partial charge >= 0.3 is 0 Å². The Bertz CT molecular complexity index is 365. The minimum Gasteiger partial charge on any atom is -0.319 e. The second-order valence-corrected chi connectivity index (χ2v) is 5.34. The van der Waals surface area contributed by atoms with Gasteiger partial charge in [0.25, 0.3) is 0 Å². The second-order valence-electron chi connectivity index (χ2n) is 4.53. The van der Waals surface area contributed by atoms with Crippen molar-refractivity contribution in [1.29, 1.82) is 0 Å². The second kappa shape index (κ2) is 5.39. The first-order chi connectivity index (χ1) is 7.72. The summed E-state index contributed by atoms with van der Waals surface area (Å²) in [4.78, 5) is 0. The lowest BCUT2D eigenvalue weighted by molar-refractivity contribution is 0.462. The van der Waals surface area contributed by atoms with Crippen molar-refractivity contribution < 1.29 is 0 Å². The molecule has 0 amide bonds. The molecule has 0 heterocycles. The average Bonchev–Trinajstić information content (AvgIpc) is 2.71. The van der Waals surface area contributed by atoms with E-state index in [0.29, 0.717) is 16.0 Å². The fraction of sp³-hybridized carbons (Fsp3) is 0.538. The van der Waals surface area contributed by atoms with Crippen LogP contribution in [0.2, 0.25) is 10.0 Å². The molecular weight excluding hydrogens is 241 g/mol. The lowest BCUT2D eigenvalue weighted by Crippen LogP contribution is -2.20. The Kier molecular flexibility index (Phi) is 4.12. The number of nitrogens with one attached hydrogen (secondary N) is 1. The van der Waals surface area contributed by atoms with Crippen molar-refractivity contribution >= 4 is 23.2 Å². The van der Waals surface area contributed by atoms with E-state index in [4.69, 9.17) is 23.2 Å². The Morgan fingerprint density at radius 3 is 2.75 bits per heavy atom. The third-order valence-corrected chi connectivity index (χ3v) is 4.24. The van der Waals surface area contributed by atoms with Crippen molar-refractivity contribution in [3.8, 4) is 0 Å². The van der Waals surface area contributed by atoms with E-state index in [2.05, 4.69) is 11.4 Å². The van der Waals surface area contributed by atoms with Crippen LogP contribution in [-0.2, 0) is 0 Å². The van der Waals surface area contributed by atoms with Crippen LogP contribution in [-0.4, -0.2) is 13.6 Å². The van der Waals surface area contributed by atoms with Crippen LogP contribution >= 0.6 is 23.2 Å². The van der Waals surface area contributed by atoms with Crippen molar-refractivity contribution in [2.45, 2.75) is 25.2 Å². The Labute approximate surface area is 107 Å². The molecule has 0 aromatic heterocycles. The van der Waals surface area contributed by atoms with Crippen LogP contribution in [0.1, 0.15) is 30.7 Å². The van der Waals surface area contributed by atoms with E-state index in [1.54, 1.807) is 0 Å². The Morgan fingerprint density at radius 1 is 1.25 bits per heavy atom. The summed E-state index contributed by atoms with van der Waals surface area (Å²) in [5, 5.41) is 4.60. The monoisotopic (exact) mass is 257 g/mol. The molecule has 0 spiro atoms. The first-order valence-corrected chi connectivity index (χ1v) is 6.57. The largest absolute Gasteiger partial charge is 0.319 e. The third-order valence-electron chi connectivity index (χ3n) is 3.50. The van der Waals surface area contributed by atoms with Crippen molar-refractivity contribution in [3.63, 3.8) is 0 Å². The topological polar surface area (TPSA) is 12.0 Å². The molecule has 1 aliphatic rings. The van der Waals surface area contributed by atoms with Crippen LogP contribution in [0.3, 0.4) is 0 Å². The number of halogens is 2. The quantitative estimate of drug-likeness (QED) is 0.860. The Morgan fingerprint density at radius 2 is 2.06 bits per heavy atom. The molecule has 0 aliphatic heterocycles. The molecule has 88 valence electrons. The van der Waals surface area contributed by atoms with E-state index in [9.17, 15) is 0 Å². The first kappa shape index (κ1) is 12.2. The molecular formula is C13H17Cl2N. The van der Waals surface area contributed by atoms with E-state index in [1.807, 2.05) is 19.2 Å². The van der Waals surface area contributed by atoms with Crippen LogP contribution in [0.5, 0.6) is 0 Å². The molecule has 1 aromatic carbocycles. The summed E-state index contributed by atoms with van der Waals surface area (Å²) in [6.45, 7) is 1.09. The summed E-state index contributed by atoms with van der Waals surface area (Å²) >= 11 is 12.0. The molecule has 1 fully saturated rings. The van der Waals surface area contributed by atoms with E-state index < -0.39 is 0 Å². The van der Waals surface area contributed by atoms with Gasteiger partial charge in [0.1, 0.15) is 0 Å². The van der Waals surface area contributed by atoms with Crippen LogP contribution in [0.15, 0.2) is 18.2 Å². The fourth-order valence-corrected chi connectivity index (χ4v) is 3.03. The predicted molar refractivity (Wildman–Crippen MR) is 70.5 cm³/mol. The van der Waals surface area contributed by atoms with Gasteiger partial charge in [0.05, 0.1) is 10.0 Å². The molecule has 1 aromatic rings. The van der Waals surface area contributed by atoms with Crippen molar-refractivity contribution in [3.05, 3.63) is 33.8 Å². The number of benzene rings is 1. The van der Waals surface area contributed by atoms with Gasteiger partial charge in [0, 0.05) is 0 Å². The summed E-state index contributed by atoms with van der Waals surface area (Å²) < 4.78 is 0. The maximum Gasteiger partial charge on any atom is 0.0595 e. The van der Waals surface area contributed by atoms with Gasteiger partial charge in [-0.15, -0.1) is 0 Å². The molecule has 1 saturated carbocycles. The predicted octanol–water partition coefficient (Wildman–Crippen LogP) is 4.10. The number of hydrogen-bond donors (Lipinski definition) is 1. The summed E-state index contributed by atoms with van der Waals surface area (Å²) in [6, 6.07) is 6.06.